The number of ether oxygens (including phenoxy) is 2. The fourth-order valence-corrected chi connectivity index (χ4v) is 3.14. The quantitative estimate of drug-likeness (QED) is 0.784. The Hall–Kier alpha value is -1.69. The van der Waals surface area contributed by atoms with Gasteiger partial charge in [-0.05, 0) is 38.1 Å². The highest BCUT2D eigenvalue weighted by molar-refractivity contribution is 6.34. The van der Waals surface area contributed by atoms with Gasteiger partial charge in [0.2, 0.25) is 0 Å². The summed E-state index contributed by atoms with van der Waals surface area (Å²) in [5.41, 5.74) is 0. The van der Waals surface area contributed by atoms with Crippen molar-refractivity contribution >= 4 is 29.1 Å². The number of hydrogen-bond donors (Lipinski definition) is 0. The number of hydrogen-bond acceptors (Lipinski definition) is 4. The molecule has 2 unspecified atom stereocenters. The van der Waals surface area contributed by atoms with E-state index in [9.17, 15) is 4.79 Å². The lowest BCUT2D eigenvalue weighted by atomic mass is 10.2. The molecule has 2 aromatic rings. The van der Waals surface area contributed by atoms with Crippen molar-refractivity contribution in [2.45, 2.75) is 32.7 Å². The Morgan fingerprint density at radius 1 is 1.20 bits per heavy atom. The molecule has 2 heterocycles. The summed E-state index contributed by atoms with van der Waals surface area (Å²) >= 11 is 12.0. The third-order valence-corrected chi connectivity index (χ3v) is 4.39. The van der Waals surface area contributed by atoms with E-state index in [1.807, 2.05) is 13.8 Å². The van der Waals surface area contributed by atoms with Crippen molar-refractivity contribution in [1.29, 1.82) is 0 Å². The van der Waals surface area contributed by atoms with Crippen molar-refractivity contribution in [3.8, 4) is 5.75 Å². The zero-order valence-corrected chi connectivity index (χ0v) is 15.5. The Bertz CT molecular complexity index is 751. The van der Waals surface area contributed by atoms with E-state index in [2.05, 4.69) is 0 Å². The summed E-state index contributed by atoms with van der Waals surface area (Å²) in [5.74, 6) is 1.15. The zero-order valence-electron chi connectivity index (χ0n) is 14.0. The van der Waals surface area contributed by atoms with Crippen LogP contribution >= 0.6 is 23.2 Å². The standard InChI is InChI=1S/C18H19Cl2NO4/c1-11-8-21(9-12(2)24-11)18(22)16-6-4-14(25-16)10-23-17-7-13(19)3-5-15(17)20/h3-7,11-12H,8-10H2,1-2H3. The van der Waals surface area contributed by atoms with Crippen LogP contribution in [0.1, 0.15) is 30.2 Å². The van der Waals surface area contributed by atoms with Gasteiger partial charge in [-0.15, -0.1) is 0 Å². The van der Waals surface area contributed by atoms with Crippen LogP contribution in [0.5, 0.6) is 5.75 Å². The molecule has 134 valence electrons. The minimum absolute atomic E-state index is 0.00966. The first-order valence-electron chi connectivity index (χ1n) is 8.03. The average molecular weight is 384 g/mol. The third kappa shape index (κ3) is 4.48. The van der Waals surface area contributed by atoms with Crippen LogP contribution in [-0.4, -0.2) is 36.1 Å². The molecule has 1 saturated heterocycles. The highest BCUT2D eigenvalue weighted by atomic mass is 35.5. The monoisotopic (exact) mass is 383 g/mol. The Morgan fingerprint density at radius 2 is 1.92 bits per heavy atom. The second-order valence-electron chi connectivity index (χ2n) is 6.10. The van der Waals surface area contributed by atoms with Crippen molar-refractivity contribution in [1.82, 2.24) is 4.90 Å². The molecule has 0 aliphatic carbocycles. The van der Waals surface area contributed by atoms with Crippen molar-refractivity contribution in [2.75, 3.05) is 13.1 Å². The molecule has 7 heteroatoms. The molecule has 2 atom stereocenters. The number of benzene rings is 1. The molecule has 1 aromatic heterocycles. The molecule has 0 N–H and O–H groups in total. The summed E-state index contributed by atoms with van der Waals surface area (Å²) in [6, 6.07) is 8.36. The SMILES string of the molecule is CC1CN(C(=O)c2ccc(COc3cc(Cl)ccc3Cl)o2)CC(C)O1. The first kappa shape index (κ1) is 18.1. The molecule has 0 saturated carbocycles. The largest absolute Gasteiger partial charge is 0.484 e. The van der Waals surface area contributed by atoms with Crippen LogP contribution in [0.2, 0.25) is 10.0 Å². The highest BCUT2D eigenvalue weighted by Gasteiger charge is 2.28. The second kappa shape index (κ2) is 7.68. The lowest BCUT2D eigenvalue weighted by Crippen LogP contribution is -2.48. The van der Waals surface area contributed by atoms with E-state index in [0.29, 0.717) is 34.6 Å². The lowest BCUT2D eigenvalue weighted by Gasteiger charge is -2.34. The van der Waals surface area contributed by atoms with Crippen LogP contribution < -0.4 is 4.74 Å². The van der Waals surface area contributed by atoms with Crippen molar-refractivity contribution in [3.05, 3.63) is 51.9 Å². The van der Waals surface area contributed by atoms with Gasteiger partial charge in [-0.2, -0.15) is 0 Å². The minimum atomic E-state index is -0.144. The van der Waals surface area contributed by atoms with Crippen LogP contribution in [-0.2, 0) is 11.3 Å². The lowest BCUT2D eigenvalue weighted by molar-refractivity contribution is -0.0592. The van der Waals surface area contributed by atoms with Gasteiger partial charge in [0.15, 0.2) is 5.76 Å². The molecule has 5 nitrogen and oxygen atoms in total. The van der Waals surface area contributed by atoms with Gasteiger partial charge in [0.05, 0.1) is 17.2 Å². The number of morpholine rings is 1. The molecular weight excluding hydrogens is 365 g/mol. The van der Waals surface area contributed by atoms with Crippen LogP contribution in [0, 0.1) is 0 Å². The van der Waals surface area contributed by atoms with Crippen molar-refractivity contribution in [3.63, 3.8) is 0 Å². The van der Waals surface area contributed by atoms with Gasteiger partial charge >= 0.3 is 0 Å². The number of halogens is 2. The summed E-state index contributed by atoms with van der Waals surface area (Å²) in [4.78, 5) is 14.3. The first-order chi connectivity index (χ1) is 11.9. The third-order valence-electron chi connectivity index (χ3n) is 3.84. The van der Waals surface area contributed by atoms with E-state index in [4.69, 9.17) is 37.1 Å². The van der Waals surface area contributed by atoms with Crippen LogP contribution in [0.3, 0.4) is 0 Å². The van der Waals surface area contributed by atoms with E-state index >= 15 is 0 Å². The van der Waals surface area contributed by atoms with E-state index in [1.165, 1.54) is 0 Å². The Kier molecular flexibility index (Phi) is 5.57. The number of rotatable bonds is 4. The van der Waals surface area contributed by atoms with Gasteiger partial charge in [0, 0.05) is 24.2 Å². The van der Waals surface area contributed by atoms with E-state index < -0.39 is 0 Å². The molecule has 1 fully saturated rings. The van der Waals surface area contributed by atoms with Crippen LogP contribution in [0.15, 0.2) is 34.7 Å². The molecule has 1 aromatic carbocycles. The predicted octanol–water partition coefficient (Wildman–Crippen LogP) is 4.41. The maximum Gasteiger partial charge on any atom is 0.289 e. The van der Waals surface area contributed by atoms with Gasteiger partial charge in [0.1, 0.15) is 18.1 Å². The van der Waals surface area contributed by atoms with E-state index in [1.54, 1.807) is 35.2 Å². The van der Waals surface area contributed by atoms with Crippen LogP contribution in [0.4, 0.5) is 0 Å². The molecule has 1 amide bonds. The smallest absolute Gasteiger partial charge is 0.289 e. The number of furan rings is 1. The number of amides is 1. The molecule has 1 aliphatic heterocycles. The summed E-state index contributed by atoms with van der Waals surface area (Å²) in [6.45, 7) is 5.16. The van der Waals surface area contributed by atoms with Gasteiger partial charge < -0.3 is 18.8 Å². The Balaban J connectivity index is 1.64. The summed E-state index contributed by atoms with van der Waals surface area (Å²) in [6.07, 6.45) is 0.0193. The Morgan fingerprint density at radius 3 is 2.64 bits per heavy atom. The maximum atomic E-state index is 12.6. The predicted molar refractivity (Wildman–Crippen MR) is 95.4 cm³/mol. The molecule has 0 bridgehead atoms. The fraction of sp³-hybridized carbons (Fsp3) is 0.389. The number of carbonyl (C=O) groups is 1. The van der Waals surface area contributed by atoms with Gasteiger partial charge in [0.25, 0.3) is 5.91 Å². The molecule has 0 spiro atoms. The summed E-state index contributed by atoms with van der Waals surface area (Å²) in [5, 5.41) is 0.994. The van der Waals surface area contributed by atoms with Crippen molar-refractivity contribution < 1.29 is 18.7 Å². The normalized spacial score (nSPS) is 20.6. The minimum Gasteiger partial charge on any atom is -0.484 e. The zero-order chi connectivity index (χ0) is 18.0. The van der Waals surface area contributed by atoms with E-state index in [0.717, 1.165) is 0 Å². The molecule has 1 aliphatic rings. The Labute approximate surface area is 156 Å². The summed E-state index contributed by atoms with van der Waals surface area (Å²) in [7, 11) is 0. The van der Waals surface area contributed by atoms with Crippen molar-refractivity contribution in [2.24, 2.45) is 0 Å². The number of nitrogens with zero attached hydrogens (tertiary/aromatic N) is 1. The van der Waals surface area contributed by atoms with E-state index in [-0.39, 0.29) is 30.5 Å². The fourth-order valence-electron chi connectivity index (χ4n) is 2.81. The average Bonchev–Trinajstić information content (AvgIpc) is 3.03. The molecule has 0 radical (unpaired) electrons. The van der Waals surface area contributed by atoms with Crippen LogP contribution in [0.25, 0.3) is 0 Å². The number of carbonyl (C=O) groups excluding carboxylic acids is 1. The highest BCUT2D eigenvalue weighted by Crippen LogP contribution is 2.28. The maximum absolute atomic E-state index is 12.6. The van der Waals surface area contributed by atoms with Gasteiger partial charge in [-0.3, -0.25) is 4.79 Å². The van der Waals surface area contributed by atoms with Gasteiger partial charge in [-0.25, -0.2) is 0 Å². The first-order valence-corrected chi connectivity index (χ1v) is 8.79. The summed E-state index contributed by atoms with van der Waals surface area (Å²) < 4.78 is 16.9. The van der Waals surface area contributed by atoms with Gasteiger partial charge in [-0.1, -0.05) is 23.2 Å². The topological polar surface area (TPSA) is 51.9 Å². The second-order valence-corrected chi connectivity index (χ2v) is 6.94. The molecule has 25 heavy (non-hydrogen) atoms. The molecular formula is C18H19Cl2NO4. The molecule has 3 rings (SSSR count).